The van der Waals surface area contributed by atoms with Gasteiger partial charge in [-0.1, -0.05) is 36.4 Å². The average molecular weight is 752 g/mol. The molecule has 2 amide bonds. The first-order valence-electron chi connectivity index (χ1n) is 18.6. The molecule has 2 aliphatic heterocycles. The highest BCUT2D eigenvalue weighted by Crippen LogP contribution is 2.42. The molecule has 1 saturated carbocycles. The van der Waals surface area contributed by atoms with E-state index in [0.717, 1.165) is 61.0 Å². The quantitative estimate of drug-likeness (QED) is 0.143. The van der Waals surface area contributed by atoms with Crippen LogP contribution in [0, 0.1) is 24.7 Å². The van der Waals surface area contributed by atoms with Crippen molar-refractivity contribution in [3.05, 3.63) is 82.9 Å². The molecule has 3 aromatic rings. The first-order valence-corrected chi connectivity index (χ1v) is 18.6. The summed E-state index contributed by atoms with van der Waals surface area (Å²) in [6.07, 6.45) is -1.34. The van der Waals surface area contributed by atoms with Gasteiger partial charge in [-0.15, -0.1) is 0 Å². The predicted molar refractivity (Wildman–Crippen MR) is 198 cm³/mol. The zero-order valence-corrected chi connectivity index (χ0v) is 30.2. The number of alkyl halides is 5. The number of hydrogen-bond acceptors (Lipinski definition) is 6. The number of carbonyl (C=O) groups is 3. The highest BCUT2D eigenvalue weighted by atomic mass is 19.4. The van der Waals surface area contributed by atoms with Crippen molar-refractivity contribution in [1.82, 2.24) is 10.6 Å². The third-order valence-corrected chi connectivity index (χ3v) is 11.0. The van der Waals surface area contributed by atoms with Gasteiger partial charge in [0.05, 0.1) is 5.69 Å². The van der Waals surface area contributed by atoms with E-state index >= 15 is 0 Å². The molecule has 2 heterocycles. The number of Topliss-reactive ketones (excluding diaryl/α,β-unsaturated/α-hetero) is 1. The number of amides is 2. The highest BCUT2D eigenvalue weighted by Gasteiger charge is 2.61. The fourth-order valence-corrected chi connectivity index (χ4v) is 7.71. The van der Waals surface area contributed by atoms with E-state index in [4.69, 9.17) is 5.73 Å². The van der Waals surface area contributed by atoms with Gasteiger partial charge in [0.15, 0.2) is 0 Å². The van der Waals surface area contributed by atoms with Crippen LogP contribution in [0.1, 0.15) is 72.0 Å². The second-order valence-corrected chi connectivity index (χ2v) is 14.9. The Bertz CT molecular complexity index is 1880. The van der Waals surface area contributed by atoms with Crippen LogP contribution in [-0.2, 0) is 22.4 Å². The van der Waals surface area contributed by atoms with Crippen molar-refractivity contribution >= 4 is 34.7 Å². The number of anilines is 1. The zero-order chi connectivity index (χ0) is 38.6. The van der Waals surface area contributed by atoms with Crippen molar-refractivity contribution in [3.8, 4) is 11.1 Å². The minimum Gasteiger partial charge on any atom is -0.349 e. The van der Waals surface area contributed by atoms with E-state index in [2.05, 4.69) is 20.9 Å². The molecule has 6 rings (SSSR count). The number of nitrogens with zero attached hydrogens (tertiary/aromatic N) is 1. The maximum atomic E-state index is 14.0. The fraction of sp³-hybridized carbons (Fsp3) is 0.463. The van der Waals surface area contributed by atoms with Gasteiger partial charge < -0.3 is 21.7 Å². The summed E-state index contributed by atoms with van der Waals surface area (Å²) in [4.78, 5) is 43.9. The normalized spacial score (nSPS) is 19.8. The van der Waals surface area contributed by atoms with Crippen molar-refractivity contribution in [2.45, 2.75) is 82.9 Å². The SMILES string of the molecule is Cc1cc(C(=O)NC2CCNCC2)ccc1-c1ccc(C[C@H](CC(=O)C2CCC(CN)CC2)C(=O)Nc2ccc3c(c2)N=C(C(F)(F)C(F)(F)F)C3)cc1. The Balaban J connectivity index is 1.16. The smallest absolute Gasteiger partial charge is 0.349 e. The fourth-order valence-electron chi connectivity index (χ4n) is 7.71. The lowest BCUT2D eigenvalue weighted by molar-refractivity contribution is -0.249. The Hall–Kier alpha value is -4.49. The summed E-state index contributed by atoms with van der Waals surface area (Å²) in [5, 5.41) is 9.18. The van der Waals surface area contributed by atoms with Crippen LogP contribution in [-0.4, -0.2) is 61.1 Å². The van der Waals surface area contributed by atoms with E-state index in [9.17, 15) is 36.3 Å². The molecular weight excluding hydrogens is 705 g/mol. The number of carbonyl (C=O) groups excluding carboxylic acids is 3. The van der Waals surface area contributed by atoms with Crippen LogP contribution in [0.15, 0.2) is 65.7 Å². The molecule has 0 unspecified atom stereocenters. The van der Waals surface area contributed by atoms with E-state index in [-0.39, 0.29) is 53.4 Å². The largest absolute Gasteiger partial charge is 0.459 e. The van der Waals surface area contributed by atoms with Crippen LogP contribution in [0.3, 0.4) is 0 Å². The summed E-state index contributed by atoms with van der Waals surface area (Å²) in [5.74, 6) is -6.25. The van der Waals surface area contributed by atoms with E-state index < -0.39 is 36.1 Å². The lowest BCUT2D eigenvalue weighted by atomic mass is 9.77. The molecule has 13 heteroatoms. The summed E-state index contributed by atoms with van der Waals surface area (Å²) >= 11 is 0. The number of rotatable bonds is 12. The van der Waals surface area contributed by atoms with Crippen LogP contribution in [0.25, 0.3) is 11.1 Å². The monoisotopic (exact) mass is 751 g/mol. The van der Waals surface area contributed by atoms with Crippen molar-refractivity contribution in [2.75, 3.05) is 25.0 Å². The number of aryl methyl sites for hydroxylation is 1. The molecule has 1 saturated heterocycles. The number of hydrogen-bond donors (Lipinski definition) is 4. The third-order valence-electron chi connectivity index (χ3n) is 11.0. The predicted octanol–water partition coefficient (Wildman–Crippen LogP) is 7.49. The van der Waals surface area contributed by atoms with Gasteiger partial charge in [-0.3, -0.25) is 19.4 Å². The Morgan fingerprint density at radius 3 is 2.26 bits per heavy atom. The number of fused-ring (bicyclic) bond motifs is 1. The van der Waals surface area contributed by atoms with Gasteiger partial charge in [0.25, 0.3) is 5.91 Å². The van der Waals surface area contributed by atoms with Gasteiger partial charge in [-0.25, -0.2) is 0 Å². The van der Waals surface area contributed by atoms with E-state index in [1.807, 2.05) is 49.4 Å². The molecule has 1 aliphatic carbocycles. The summed E-state index contributed by atoms with van der Waals surface area (Å²) in [5.41, 5.74) is 9.05. The summed E-state index contributed by atoms with van der Waals surface area (Å²) in [6.45, 7) is 4.28. The van der Waals surface area contributed by atoms with Crippen LogP contribution in [0.4, 0.5) is 33.3 Å². The van der Waals surface area contributed by atoms with Gasteiger partial charge in [-0.2, -0.15) is 22.0 Å². The Morgan fingerprint density at radius 2 is 1.61 bits per heavy atom. The number of halogens is 5. The van der Waals surface area contributed by atoms with E-state index in [1.165, 1.54) is 18.2 Å². The number of nitrogens with one attached hydrogen (secondary N) is 3. The van der Waals surface area contributed by atoms with Crippen molar-refractivity contribution in [1.29, 1.82) is 0 Å². The van der Waals surface area contributed by atoms with Crippen LogP contribution < -0.4 is 21.7 Å². The first-order chi connectivity index (χ1) is 25.7. The van der Waals surface area contributed by atoms with Gasteiger partial charge in [-0.05, 0) is 130 Å². The summed E-state index contributed by atoms with van der Waals surface area (Å²) < 4.78 is 67.0. The molecule has 3 aliphatic rings. The maximum absolute atomic E-state index is 14.0. The van der Waals surface area contributed by atoms with Crippen molar-refractivity contribution in [2.24, 2.45) is 28.5 Å². The van der Waals surface area contributed by atoms with Gasteiger partial charge in [0.1, 0.15) is 11.5 Å². The lowest BCUT2D eigenvalue weighted by Gasteiger charge is -2.27. The first kappa shape index (κ1) is 39.2. The molecule has 0 aromatic heterocycles. The van der Waals surface area contributed by atoms with Crippen LogP contribution in [0.2, 0.25) is 0 Å². The summed E-state index contributed by atoms with van der Waals surface area (Å²) in [7, 11) is 0. The van der Waals surface area contributed by atoms with E-state index in [1.54, 1.807) is 0 Å². The Morgan fingerprint density at radius 1 is 0.907 bits per heavy atom. The molecular formula is C41H46F5N5O3. The van der Waals surface area contributed by atoms with Gasteiger partial charge in [0, 0.05) is 42.0 Å². The molecule has 288 valence electrons. The van der Waals surface area contributed by atoms with E-state index in [0.29, 0.717) is 30.9 Å². The number of benzene rings is 3. The third kappa shape index (κ3) is 9.06. The minimum absolute atomic E-state index is 0.0141. The minimum atomic E-state index is -5.78. The highest BCUT2D eigenvalue weighted by molar-refractivity contribution is 6.01. The zero-order valence-electron chi connectivity index (χ0n) is 30.2. The molecule has 5 N–H and O–H groups in total. The lowest BCUT2D eigenvalue weighted by Crippen LogP contribution is -2.44. The second-order valence-electron chi connectivity index (χ2n) is 14.9. The number of nitrogens with two attached hydrogens (primary N) is 1. The van der Waals surface area contributed by atoms with Crippen LogP contribution in [0.5, 0.6) is 0 Å². The molecule has 1 atom stereocenters. The van der Waals surface area contributed by atoms with Gasteiger partial charge >= 0.3 is 12.1 Å². The van der Waals surface area contributed by atoms with Crippen molar-refractivity contribution in [3.63, 3.8) is 0 Å². The molecule has 54 heavy (non-hydrogen) atoms. The number of aliphatic imine (C=N–C) groups is 1. The van der Waals surface area contributed by atoms with Crippen LogP contribution >= 0.6 is 0 Å². The maximum Gasteiger partial charge on any atom is 0.459 e. The molecule has 0 spiro atoms. The Kier molecular flexibility index (Phi) is 12.0. The molecule has 0 bridgehead atoms. The molecule has 2 fully saturated rings. The second kappa shape index (κ2) is 16.5. The topological polar surface area (TPSA) is 126 Å². The van der Waals surface area contributed by atoms with Gasteiger partial charge in [0.2, 0.25) is 5.91 Å². The number of piperidine rings is 1. The summed E-state index contributed by atoms with van der Waals surface area (Å²) in [6, 6.07) is 17.5. The molecule has 3 aromatic carbocycles. The molecule has 0 radical (unpaired) electrons. The number of ketones is 1. The average Bonchev–Trinajstić information content (AvgIpc) is 3.59. The Labute approximate surface area is 311 Å². The van der Waals surface area contributed by atoms with Crippen molar-refractivity contribution < 1.29 is 36.3 Å². The standard InChI is InChI=1S/C41H46F5N5O3/c1-24-18-30(38(53)49-32-14-16-48-17-15-32)11-13-34(24)27-6-2-25(3-7-27)19-31(20-36(52)28-8-4-26(23-47)5-9-28)39(54)50-33-12-10-29-21-37(51-35(29)22-33)40(42,43)41(44,45)46/h2-3,6-7,10-13,18,22,26,28,31-32,48H,4-5,8-9,14-17,19-21,23,47H2,1H3,(H,49,53)(H,50,54)/t26?,28?,31-/m1/s1. The molecule has 8 nitrogen and oxygen atoms in total.